The molecule has 0 fully saturated rings. The Kier molecular flexibility index (Phi) is 4.57. The van der Waals surface area contributed by atoms with Gasteiger partial charge in [0.15, 0.2) is 23.0 Å². The Hall–Kier alpha value is -2.40. The predicted octanol–water partition coefficient (Wildman–Crippen LogP) is 3.28. The molecule has 2 aromatic carbocycles. The van der Waals surface area contributed by atoms with E-state index >= 15 is 0 Å². The second-order valence-corrected chi connectivity index (χ2v) is 5.40. The lowest BCUT2D eigenvalue weighted by Crippen LogP contribution is -2.18. The van der Waals surface area contributed by atoms with Gasteiger partial charge in [-0.25, -0.2) is 0 Å². The molecule has 0 aliphatic carbocycles. The van der Waals surface area contributed by atoms with Crippen molar-refractivity contribution in [3.63, 3.8) is 0 Å². The lowest BCUT2D eigenvalue weighted by atomic mass is 10.1. The quantitative estimate of drug-likeness (QED) is 0.886. The summed E-state index contributed by atoms with van der Waals surface area (Å²) in [4.78, 5) is 0. The number of hydrogen-bond donors (Lipinski definition) is 1. The average molecular weight is 315 g/mol. The summed E-state index contributed by atoms with van der Waals surface area (Å²) in [6.45, 7) is 3.15. The molecule has 1 aliphatic heterocycles. The molecule has 5 heteroatoms. The highest BCUT2D eigenvalue weighted by Crippen LogP contribution is 2.34. The smallest absolute Gasteiger partial charge is 0.231 e. The minimum Gasteiger partial charge on any atom is -0.493 e. The topological polar surface area (TPSA) is 49.0 Å². The van der Waals surface area contributed by atoms with Gasteiger partial charge < -0.3 is 24.3 Å². The van der Waals surface area contributed by atoms with Crippen molar-refractivity contribution in [2.75, 3.05) is 21.0 Å². The van der Waals surface area contributed by atoms with E-state index in [-0.39, 0.29) is 6.04 Å². The molecule has 0 radical (unpaired) electrons. The van der Waals surface area contributed by atoms with Crippen LogP contribution in [0.4, 0.5) is 0 Å². The van der Waals surface area contributed by atoms with Gasteiger partial charge in [-0.05, 0) is 42.3 Å². The van der Waals surface area contributed by atoms with Gasteiger partial charge in [0.2, 0.25) is 6.79 Å². The van der Waals surface area contributed by atoms with Crippen molar-refractivity contribution in [2.24, 2.45) is 0 Å². The predicted molar refractivity (Wildman–Crippen MR) is 87.4 cm³/mol. The maximum Gasteiger partial charge on any atom is 0.231 e. The van der Waals surface area contributed by atoms with E-state index in [0.29, 0.717) is 6.79 Å². The molecule has 0 spiro atoms. The lowest BCUT2D eigenvalue weighted by Gasteiger charge is -2.16. The molecule has 1 heterocycles. The van der Waals surface area contributed by atoms with E-state index in [0.717, 1.165) is 40.7 Å². The first-order valence-corrected chi connectivity index (χ1v) is 7.55. The van der Waals surface area contributed by atoms with Crippen molar-refractivity contribution < 1.29 is 18.9 Å². The molecule has 2 aromatic rings. The van der Waals surface area contributed by atoms with Gasteiger partial charge in [-0.2, -0.15) is 0 Å². The van der Waals surface area contributed by atoms with E-state index in [1.807, 2.05) is 30.3 Å². The van der Waals surface area contributed by atoms with Gasteiger partial charge in [0.05, 0.1) is 14.2 Å². The molecule has 1 atom stereocenters. The first-order chi connectivity index (χ1) is 11.2. The zero-order valence-corrected chi connectivity index (χ0v) is 13.6. The summed E-state index contributed by atoms with van der Waals surface area (Å²) in [5.74, 6) is 3.09. The number of nitrogens with one attached hydrogen (secondary N) is 1. The number of fused-ring (bicyclic) bond motifs is 1. The first kappa shape index (κ1) is 15.5. The Labute approximate surface area is 136 Å². The summed E-state index contributed by atoms with van der Waals surface area (Å²) in [5, 5.41) is 3.50. The largest absolute Gasteiger partial charge is 0.493 e. The first-order valence-electron chi connectivity index (χ1n) is 7.55. The van der Waals surface area contributed by atoms with Gasteiger partial charge >= 0.3 is 0 Å². The standard InChI is InChI=1S/C18H21NO4/c1-12(14-5-7-16-18(9-14)23-11-22-16)19-10-13-4-6-15(20-2)17(8-13)21-3/h4-9,12,19H,10-11H2,1-3H3. The van der Waals surface area contributed by atoms with Gasteiger partial charge in [-0.15, -0.1) is 0 Å². The van der Waals surface area contributed by atoms with Crippen molar-refractivity contribution in [2.45, 2.75) is 19.5 Å². The minimum absolute atomic E-state index is 0.192. The summed E-state index contributed by atoms with van der Waals surface area (Å²) >= 11 is 0. The molecule has 122 valence electrons. The van der Waals surface area contributed by atoms with E-state index in [1.54, 1.807) is 14.2 Å². The SMILES string of the molecule is COc1ccc(CNC(C)c2ccc3c(c2)OCO3)cc1OC. The highest BCUT2D eigenvalue weighted by Gasteiger charge is 2.15. The number of ether oxygens (including phenoxy) is 4. The fourth-order valence-electron chi connectivity index (χ4n) is 2.56. The van der Waals surface area contributed by atoms with E-state index in [1.165, 1.54) is 0 Å². The van der Waals surface area contributed by atoms with Gasteiger partial charge in [-0.3, -0.25) is 0 Å². The van der Waals surface area contributed by atoms with Crippen LogP contribution < -0.4 is 24.3 Å². The molecule has 1 aliphatic rings. The fraction of sp³-hybridized carbons (Fsp3) is 0.333. The molecule has 0 amide bonds. The maximum absolute atomic E-state index is 5.43. The Bertz CT molecular complexity index is 687. The number of hydrogen-bond acceptors (Lipinski definition) is 5. The molecule has 1 N–H and O–H groups in total. The number of rotatable bonds is 6. The van der Waals surface area contributed by atoms with Gasteiger partial charge in [-0.1, -0.05) is 12.1 Å². The third-order valence-corrected chi connectivity index (χ3v) is 3.96. The monoisotopic (exact) mass is 315 g/mol. The third kappa shape index (κ3) is 3.35. The highest BCUT2D eigenvalue weighted by atomic mass is 16.7. The fourth-order valence-corrected chi connectivity index (χ4v) is 2.56. The molecular formula is C18H21NO4. The summed E-state index contributed by atoms with van der Waals surface area (Å²) in [7, 11) is 3.28. The third-order valence-electron chi connectivity index (χ3n) is 3.96. The molecule has 23 heavy (non-hydrogen) atoms. The molecular weight excluding hydrogens is 294 g/mol. The van der Waals surface area contributed by atoms with Crippen LogP contribution in [0.1, 0.15) is 24.1 Å². The van der Waals surface area contributed by atoms with Crippen LogP contribution in [0.15, 0.2) is 36.4 Å². The Morgan fingerprint density at radius 1 is 1.00 bits per heavy atom. The summed E-state index contributed by atoms with van der Waals surface area (Å²) in [6, 6.07) is 12.2. The molecule has 0 bridgehead atoms. The van der Waals surface area contributed by atoms with Crippen LogP contribution in [0.2, 0.25) is 0 Å². The number of benzene rings is 2. The minimum atomic E-state index is 0.192. The van der Waals surface area contributed by atoms with Gasteiger partial charge in [0.1, 0.15) is 0 Å². The van der Waals surface area contributed by atoms with Crippen LogP contribution in [-0.4, -0.2) is 21.0 Å². The van der Waals surface area contributed by atoms with Crippen molar-refractivity contribution in [1.82, 2.24) is 5.32 Å². The van der Waals surface area contributed by atoms with Crippen LogP contribution in [0.3, 0.4) is 0 Å². The molecule has 5 nitrogen and oxygen atoms in total. The lowest BCUT2D eigenvalue weighted by molar-refractivity contribution is 0.174. The van der Waals surface area contributed by atoms with Crippen LogP contribution in [-0.2, 0) is 6.54 Å². The van der Waals surface area contributed by atoms with Gasteiger partial charge in [0.25, 0.3) is 0 Å². The van der Waals surface area contributed by atoms with Crippen LogP contribution in [0.25, 0.3) is 0 Å². The van der Waals surface area contributed by atoms with Crippen LogP contribution >= 0.6 is 0 Å². The van der Waals surface area contributed by atoms with Crippen LogP contribution in [0.5, 0.6) is 23.0 Å². The van der Waals surface area contributed by atoms with Crippen molar-refractivity contribution in [3.8, 4) is 23.0 Å². The molecule has 0 saturated heterocycles. The van der Waals surface area contributed by atoms with E-state index < -0.39 is 0 Å². The maximum atomic E-state index is 5.43. The molecule has 0 aromatic heterocycles. The van der Waals surface area contributed by atoms with E-state index in [4.69, 9.17) is 18.9 Å². The second-order valence-electron chi connectivity index (χ2n) is 5.40. The van der Waals surface area contributed by atoms with Crippen LogP contribution in [0, 0.1) is 0 Å². The number of methoxy groups -OCH3 is 2. The molecule has 3 rings (SSSR count). The highest BCUT2D eigenvalue weighted by molar-refractivity contribution is 5.45. The molecule has 1 unspecified atom stereocenters. The molecule has 0 saturated carbocycles. The van der Waals surface area contributed by atoms with Crippen molar-refractivity contribution in [3.05, 3.63) is 47.5 Å². The Morgan fingerprint density at radius 3 is 2.57 bits per heavy atom. The second kappa shape index (κ2) is 6.79. The zero-order chi connectivity index (χ0) is 16.2. The zero-order valence-electron chi connectivity index (χ0n) is 13.6. The normalized spacial score (nSPS) is 13.7. The van der Waals surface area contributed by atoms with Crippen molar-refractivity contribution in [1.29, 1.82) is 0 Å². The average Bonchev–Trinajstić information content (AvgIpc) is 3.06. The summed E-state index contributed by atoms with van der Waals surface area (Å²) < 4.78 is 21.4. The Morgan fingerprint density at radius 2 is 1.78 bits per heavy atom. The van der Waals surface area contributed by atoms with Gasteiger partial charge in [0, 0.05) is 12.6 Å². The van der Waals surface area contributed by atoms with Crippen molar-refractivity contribution >= 4 is 0 Å². The Balaban J connectivity index is 1.66. The van der Waals surface area contributed by atoms with E-state index in [2.05, 4.69) is 18.3 Å². The summed E-state index contributed by atoms with van der Waals surface area (Å²) in [6.07, 6.45) is 0. The van der Waals surface area contributed by atoms with E-state index in [9.17, 15) is 0 Å². The summed E-state index contributed by atoms with van der Waals surface area (Å²) in [5.41, 5.74) is 2.30.